The van der Waals surface area contributed by atoms with Crippen molar-refractivity contribution in [1.29, 1.82) is 0 Å². The van der Waals surface area contributed by atoms with E-state index in [4.69, 9.17) is 15.6 Å². The Bertz CT molecular complexity index is 663. The number of aliphatic hydroxyl groups is 1. The highest BCUT2D eigenvalue weighted by Gasteiger charge is 2.52. The molecule has 0 saturated heterocycles. The Labute approximate surface area is 159 Å². The predicted octanol–water partition coefficient (Wildman–Crippen LogP) is 2.58. The molecule has 0 aliphatic heterocycles. The van der Waals surface area contributed by atoms with Gasteiger partial charge in [0.2, 0.25) is 5.91 Å². The highest BCUT2D eigenvalue weighted by atomic mass is 19.1. The molecule has 3 fully saturated rings. The van der Waals surface area contributed by atoms with Crippen molar-refractivity contribution in [3.8, 4) is 5.75 Å². The normalized spacial score (nSPS) is 27.4. The number of ether oxygens (including phenoxy) is 1. The number of carbonyl (C=O) groups is 1. The highest BCUT2D eigenvalue weighted by molar-refractivity contribution is 5.83. The summed E-state index contributed by atoms with van der Waals surface area (Å²) >= 11 is 0. The van der Waals surface area contributed by atoms with E-state index in [1.807, 2.05) is 12.1 Å². The van der Waals surface area contributed by atoms with Gasteiger partial charge in [-0.3, -0.25) is 4.79 Å². The first kappa shape index (κ1) is 19.8. The molecule has 4 N–H and O–H groups in total. The zero-order valence-corrected chi connectivity index (χ0v) is 15.7. The Morgan fingerprint density at radius 3 is 2.33 bits per heavy atom. The minimum atomic E-state index is -0.253. The molecular weight excluding hydrogens is 347 g/mol. The zero-order chi connectivity index (χ0) is 19.3. The van der Waals surface area contributed by atoms with Gasteiger partial charge in [0.15, 0.2) is 0 Å². The fourth-order valence-corrected chi connectivity index (χ4v) is 4.53. The average molecular weight is 376 g/mol. The van der Waals surface area contributed by atoms with Crippen LogP contribution in [0.4, 0.5) is 4.39 Å². The van der Waals surface area contributed by atoms with E-state index in [2.05, 4.69) is 17.4 Å². The molecule has 0 atom stereocenters. The van der Waals surface area contributed by atoms with Gasteiger partial charge in [-0.05, 0) is 61.6 Å². The largest absolute Gasteiger partial charge is 0.489 e. The van der Waals surface area contributed by atoms with Gasteiger partial charge in [0.25, 0.3) is 0 Å². The molecule has 1 aromatic carbocycles. The Balaban J connectivity index is 1.63. The SMILES string of the molecule is NCC(=CF)COc1ccc(C23CCC(C(=O)NCCO)(CC2)CC3)cc1. The maximum Gasteiger partial charge on any atom is 0.226 e. The third kappa shape index (κ3) is 4.01. The van der Waals surface area contributed by atoms with Crippen molar-refractivity contribution in [2.45, 2.75) is 43.9 Å². The van der Waals surface area contributed by atoms with Crippen molar-refractivity contribution in [1.82, 2.24) is 5.32 Å². The number of benzene rings is 1. The van der Waals surface area contributed by atoms with E-state index < -0.39 is 0 Å². The van der Waals surface area contributed by atoms with Crippen LogP contribution in [0.2, 0.25) is 0 Å². The van der Waals surface area contributed by atoms with Crippen molar-refractivity contribution >= 4 is 5.91 Å². The van der Waals surface area contributed by atoms with Gasteiger partial charge in [0.1, 0.15) is 12.4 Å². The third-order valence-corrected chi connectivity index (χ3v) is 6.43. The third-order valence-electron chi connectivity index (χ3n) is 6.43. The molecule has 0 spiro atoms. The molecule has 148 valence electrons. The van der Waals surface area contributed by atoms with Crippen LogP contribution in [0.1, 0.15) is 44.1 Å². The minimum Gasteiger partial charge on any atom is -0.489 e. The van der Waals surface area contributed by atoms with Gasteiger partial charge in [-0.25, -0.2) is 4.39 Å². The van der Waals surface area contributed by atoms with Gasteiger partial charge in [-0.15, -0.1) is 0 Å². The minimum absolute atomic E-state index is 0.0198. The fraction of sp³-hybridized carbons (Fsp3) is 0.571. The van der Waals surface area contributed by atoms with Gasteiger partial charge in [-0.1, -0.05) is 12.1 Å². The molecule has 3 aliphatic rings. The van der Waals surface area contributed by atoms with Gasteiger partial charge >= 0.3 is 0 Å². The lowest BCUT2D eigenvalue weighted by Crippen LogP contribution is -2.52. The number of fused-ring (bicyclic) bond motifs is 3. The van der Waals surface area contributed by atoms with Crippen LogP contribution < -0.4 is 15.8 Å². The summed E-state index contributed by atoms with van der Waals surface area (Å²) in [6.45, 7) is 0.610. The fourth-order valence-electron chi connectivity index (χ4n) is 4.53. The number of rotatable bonds is 8. The second kappa shape index (κ2) is 8.40. The maximum atomic E-state index is 12.6. The topological polar surface area (TPSA) is 84.6 Å². The van der Waals surface area contributed by atoms with E-state index in [9.17, 15) is 9.18 Å². The first-order valence-corrected chi connectivity index (χ1v) is 9.68. The molecule has 1 amide bonds. The molecule has 0 heterocycles. The highest BCUT2D eigenvalue weighted by Crippen LogP contribution is 2.57. The number of hydrogen-bond acceptors (Lipinski definition) is 4. The molecule has 27 heavy (non-hydrogen) atoms. The first-order chi connectivity index (χ1) is 13.1. The molecule has 0 unspecified atom stereocenters. The summed E-state index contributed by atoms with van der Waals surface area (Å²) in [5.41, 5.74) is 7.04. The van der Waals surface area contributed by atoms with Crippen LogP contribution >= 0.6 is 0 Å². The molecule has 3 aliphatic carbocycles. The Hall–Kier alpha value is -1.92. The number of halogens is 1. The second-order valence-electron chi connectivity index (χ2n) is 7.82. The van der Waals surface area contributed by atoms with Crippen molar-refractivity contribution in [3.05, 3.63) is 41.7 Å². The van der Waals surface area contributed by atoms with Crippen LogP contribution in [0.25, 0.3) is 0 Å². The Morgan fingerprint density at radius 1 is 1.19 bits per heavy atom. The van der Waals surface area contributed by atoms with E-state index >= 15 is 0 Å². The van der Waals surface area contributed by atoms with Crippen LogP contribution in [0.5, 0.6) is 5.75 Å². The summed E-state index contributed by atoms with van der Waals surface area (Å²) in [6, 6.07) is 8.06. The molecule has 3 saturated carbocycles. The summed E-state index contributed by atoms with van der Waals surface area (Å²) in [4.78, 5) is 12.5. The summed E-state index contributed by atoms with van der Waals surface area (Å²) in [7, 11) is 0. The smallest absolute Gasteiger partial charge is 0.226 e. The standard InChI is InChI=1S/C21H29FN2O3/c22-13-16(14-23)15-27-18-3-1-17(2-4-18)20-5-8-21(9-6-20,10-7-20)19(26)24-11-12-25/h1-4,13,25H,5-12,14-15,23H2,(H,24,26). The molecule has 1 aromatic rings. The number of nitrogens with two attached hydrogens (primary N) is 1. The molecule has 2 bridgehead atoms. The van der Waals surface area contributed by atoms with Crippen LogP contribution in [-0.4, -0.2) is 37.3 Å². The van der Waals surface area contributed by atoms with E-state index in [1.54, 1.807) is 0 Å². The van der Waals surface area contributed by atoms with Crippen LogP contribution in [0.15, 0.2) is 36.2 Å². The summed E-state index contributed by atoms with van der Waals surface area (Å²) in [5, 5.41) is 11.8. The predicted molar refractivity (Wildman–Crippen MR) is 102 cm³/mol. The number of amides is 1. The number of carbonyl (C=O) groups excluding carboxylic acids is 1. The first-order valence-electron chi connectivity index (χ1n) is 9.68. The molecule has 0 aromatic heterocycles. The van der Waals surface area contributed by atoms with Crippen LogP contribution in [-0.2, 0) is 10.2 Å². The quantitative estimate of drug-likeness (QED) is 0.651. The monoisotopic (exact) mass is 376 g/mol. The van der Waals surface area contributed by atoms with Gasteiger partial charge in [0.05, 0.1) is 12.9 Å². The summed E-state index contributed by atoms with van der Waals surface area (Å²) in [6.07, 6.45) is 6.18. The number of hydrogen-bond donors (Lipinski definition) is 3. The molecule has 4 rings (SSSR count). The van der Waals surface area contributed by atoms with Crippen LogP contribution in [0.3, 0.4) is 0 Å². The summed E-state index contributed by atoms with van der Waals surface area (Å²) in [5.74, 6) is 0.803. The van der Waals surface area contributed by atoms with Gasteiger partial charge in [-0.2, -0.15) is 0 Å². The van der Waals surface area contributed by atoms with E-state index in [-0.39, 0.29) is 36.5 Å². The van der Waals surface area contributed by atoms with Crippen molar-refractivity contribution in [2.75, 3.05) is 26.3 Å². The average Bonchev–Trinajstić information content (AvgIpc) is 2.74. The second-order valence-corrected chi connectivity index (χ2v) is 7.82. The number of nitrogens with one attached hydrogen (secondary N) is 1. The van der Waals surface area contributed by atoms with Gasteiger partial charge in [0, 0.05) is 24.1 Å². The van der Waals surface area contributed by atoms with Gasteiger partial charge < -0.3 is 20.9 Å². The molecule has 5 nitrogen and oxygen atoms in total. The zero-order valence-electron chi connectivity index (χ0n) is 15.7. The van der Waals surface area contributed by atoms with E-state index in [0.29, 0.717) is 24.2 Å². The Morgan fingerprint density at radius 2 is 1.81 bits per heavy atom. The van der Waals surface area contributed by atoms with Crippen LogP contribution in [0, 0.1) is 5.41 Å². The lowest BCUT2D eigenvalue weighted by Gasteiger charge is -2.52. The maximum absolute atomic E-state index is 12.6. The number of aliphatic hydroxyl groups excluding tert-OH is 1. The van der Waals surface area contributed by atoms with Crippen molar-refractivity contribution in [2.24, 2.45) is 11.1 Å². The lowest BCUT2D eigenvalue weighted by atomic mass is 9.51. The molecule has 0 radical (unpaired) electrons. The van der Waals surface area contributed by atoms with Crippen molar-refractivity contribution in [3.63, 3.8) is 0 Å². The van der Waals surface area contributed by atoms with E-state index in [0.717, 1.165) is 38.5 Å². The lowest BCUT2D eigenvalue weighted by molar-refractivity contribution is -0.138. The summed E-state index contributed by atoms with van der Waals surface area (Å²) < 4.78 is 18.2. The van der Waals surface area contributed by atoms with Crippen molar-refractivity contribution < 1.29 is 19.0 Å². The molecule has 6 heteroatoms. The van der Waals surface area contributed by atoms with E-state index in [1.165, 1.54) is 5.56 Å². The molecular formula is C21H29FN2O3. The Kier molecular flexibility index (Phi) is 6.17.